The van der Waals surface area contributed by atoms with Crippen LogP contribution in [0.15, 0.2) is 65.2 Å². The average Bonchev–Trinajstić information content (AvgIpc) is 3.16. The summed E-state index contributed by atoms with van der Waals surface area (Å²) in [6.45, 7) is 2.49. The second kappa shape index (κ2) is 7.56. The Morgan fingerprint density at radius 2 is 1.81 bits per heavy atom. The fourth-order valence-electron chi connectivity index (χ4n) is 4.22. The number of rotatable bonds is 3. The van der Waals surface area contributed by atoms with Crippen molar-refractivity contribution in [2.75, 3.05) is 0 Å². The first-order valence-corrected chi connectivity index (χ1v) is 10.5. The van der Waals surface area contributed by atoms with E-state index in [1.165, 1.54) is 19.1 Å². The van der Waals surface area contributed by atoms with E-state index in [2.05, 4.69) is 11.1 Å². The monoisotopic (exact) mass is 429 g/mol. The average molecular weight is 430 g/mol. The summed E-state index contributed by atoms with van der Waals surface area (Å²) in [7, 11) is 1.94. The number of nitrogens with zero attached hydrogens (tertiary/aromatic N) is 2. The van der Waals surface area contributed by atoms with E-state index in [1.807, 2.05) is 62.0 Å². The minimum atomic E-state index is -2.68. The van der Waals surface area contributed by atoms with E-state index < -0.39 is 18.6 Å². The van der Waals surface area contributed by atoms with Crippen LogP contribution in [0.2, 0.25) is 0 Å². The predicted octanol–water partition coefficient (Wildman–Crippen LogP) is 7.02. The van der Waals surface area contributed by atoms with Gasteiger partial charge in [-0.25, -0.2) is 13.9 Å². The van der Waals surface area contributed by atoms with E-state index in [9.17, 15) is 4.39 Å². The SMILES string of the molecule is [2H]C([2H])([2H])C([2H])(C)c1cc(-c2cc[n+](C)c(-c3c(C)ccc4c3oc3nc(C)ccc34)c2)ccc1F. The van der Waals surface area contributed by atoms with Crippen molar-refractivity contribution in [3.05, 3.63) is 83.4 Å². The fourth-order valence-corrected chi connectivity index (χ4v) is 4.22. The van der Waals surface area contributed by atoms with Crippen LogP contribution in [-0.4, -0.2) is 4.98 Å². The summed E-state index contributed by atoms with van der Waals surface area (Å²) in [5.41, 5.74) is 6.24. The Bertz CT molecular complexity index is 1650. The van der Waals surface area contributed by atoms with Gasteiger partial charge in [0.15, 0.2) is 11.8 Å². The second-order valence-electron chi connectivity index (χ2n) is 8.27. The summed E-state index contributed by atoms with van der Waals surface area (Å²) in [4.78, 5) is 4.55. The summed E-state index contributed by atoms with van der Waals surface area (Å²) in [5.74, 6) is -2.79. The minimum absolute atomic E-state index is 0.160. The van der Waals surface area contributed by atoms with Gasteiger partial charge in [0.25, 0.3) is 0 Å². The van der Waals surface area contributed by atoms with Crippen LogP contribution in [0.5, 0.6) is 0 Å². The van der Waals surface area contributed by atoms with Gasteiger partial charge in [0.05, 0.1) is 5.56 Å². The molecule has 3 nitrogen and oxygen atoms in total. The molecule has 0 fully saturated rings. The largest absolute Gasteiger partial charge is 0.437 e. The van der Waals surface area contributed by atoms with E-state index in [1.54, 1.807) is 6.07 Å². The van der Waals surface area contributed by atoms with Gasteiger partial charge in [-0.15, -0.1) is 0 Å². The molecule has 0 saturated heterocycles. The molecular formula is C28H26FN2O+. The van der Waals surface area contributed by atoms with Crippen LogP contribution in [0.4, 0.5) is 4.39 Å². The molecule has 4 heteroatoms. The van der Waals surface area contributed by atoms with E-state index >= 15 is 0 Å². The number of halogens is 1. The molecule has 0 saturated carbocycles. The van der Waals surface area contributed by atoms with Crippen molar-refractivity contribution in [3.63, 3.8) is 0 Å². The zero-order valence-electron chi connectivity index (χ0n) is 22.5. The molecule has 2 aromatic carbocycles. The summed E-state index contributed by atoms with van der Waals surface area (Å²) in [6, 6.07) is 16.2. The van der Waals surface area contributed by atoms with Crippen LogP contribution in [0, 0.1) is 19.7 Å². The highest BCUT2D eigenvalue weighted by atomic mass is 19.1. The van der Waals surface area contributed by atoms with Gasteiger partial charge in [0, 0.05) is 34.1 Å². The van der Waals surface area contributed by atoms with Crippen LogP contribution in [0.25, 0.3) is 44.5 Å². The molecule has 0 aliphatic carbocycles. The third-order valence-electron chi connectivity index (χ3n) is 5.96. The van der Waals surface area contributed by atoms with Gasteiger partial charge in [0.1, 0.15) is 12.9 Å². The van der Waals surface area contributed by atoms with Crippen LogP contribution in [0.3, 0.4) is 0 Å². The molecule has 3 heterocycles. The van der Waals surface area contributed by atoms with Crippen LogP contribution in [0.1, 0.15) is 42.0 Å². The number of fused-ring (bicyclic) bond motifs is 3. The first-order chi connectivity index (χ1) is 16.9. The second-order valence-corrected chi connectivity index (χ2v) is 8.27. The van der Waals surface area contributed by atoms with E-state index in [-0.39, 0.29) is 5.56 Å². The van der Waals surface area contributed by atoms with E-state index in [0.29, 0.717) is 11.3 Å². The lowest BCUT2D eigenvalue weighted by molar-refractivity contribution is -0.660. The Kier molecular flexibility index (Phi) is 3.81. The van der Waals surface area contributed by atoms with Gasteiger partial charge in [-0.3, -0.25) is 0 Å². The quantitative estimate of drug-likeness (QED) is 0.289. The van der Waals surface area contributed by atoms with Crippen molar-refractivity contribution in [1.82, 2.24) is 4.98 Å². The summed E-state index contributed by atoms with van der Waals surface area (Å²) >= 11 is 0. The smallest absolute Gasteiger partial charge is 0.227 e. The number of aromatic nitrogens is 2. The Balaban J connectivity index is 1.72. The molecule has 0 aliphatic heterocycles. The molecular weight excluding hydrogens is 399 g/mol. The van der Waals surface area contributed by atoms with E-state index in [4.69, 9.17) is 9.90 Å². The maximum absolute atomic E-state index is 14.7. The van der Waals surface area contributed by atoms with Gasteiger partial charge in [-0.1, -0.05) is 32.0 Å². The summed E-state index contributed by atoms with van der Waals surface area (Å²) in [6.07, 6.45) is 1.90. The zero-order chi connectivity index (χ0) is 26.0. The van der Waals surface area contributed by atoms with Gasteiger partial charge in [-0.2, -0.15) is 0 Å². The maximum atomic E-state index is 14.7. The Labute approximate surface area is 192 Å². The first kappa shape index (κ1) is 16.2. The first-order valence-electron chi connectivity index (χ1n) is 12.5. The molecule has 0 amide bonds. The van der Waals surface area contributed by atoms with Gasteiger partial charge in [-0.05, 0) is 66.3 Å². The molecule has 0 spiro atoms. The lowest BCUT2D eigenvalue weighted by Gasteiger charge is -2.11. The van der Waals surface area contributed by atoms with Crippen molar-refractivity contribution < 1.29 is 18.9 Å². The van der Waals surface area contributed by atoms with Crippen molar-refractivity contribution in [1.29, 1.82) is 0 Å². The highest BCUT2D eigenvalue weighted by Crippen LogP contribution is 2.37. The zero-order valence-corrected chi connectivity index (χ0v) is 18.5. The Morgan fingerprint density at radius 1 is 1.03 bits per heavy atom. The summed E-state index contributed by atoms with van der Waals surface area (Å²) < 4.78 is 54.5. The molecule has 1 unspecified atom stereocenters. The third kappa shape index (κ3) is 3.27. The van der Waals surface area contributed by atoms with Crippen molar-refractivity contribution in [2.45, 2.75) is 33.5 Å². The normalized spacial score (nSPS) is 15.8. The molecule has 5 rings (SSSR count). The number of furan rings is 1. The molecule has 0 radical (unpaired) electrons. The molecule has 32 heavy (non-hydrogen) atoms. The molecule has 160 valence electrons. The van der Waals surface area contributed by atoms with Crippen LogP contribution in [-0.2, 0) is 7.05 Å². The van der Waals surface area contributed by atoms with Crippen LogP contribution < -0.4 is 4.57 Å². The number of hydrogen-bond acceptors (Lipinski definition) is 2. The number of hydrogen-bond donors (Lipinski definition) is 0. The lowest BCUT2D eigenvalue weighted by Crippen LogP contribution is -2.30. The van der Waals surface area contributed by atoms with Crippen molar-refractivity contribution in [2.24, 2.45) is 7.05 Å². The number of aryl methyl sites for hydroxylation is 3. The molecule has 0 aliphatic rings. The number of benzene rings is 2. The molecule has 0 N–H and O–H groups in total. The summed E-state index contributed by atoms with van der Waals surface area (Å²) in [5, 5.41) is 1.91. The fraction of sp³-hybridized carbons (Fsp3) is 0.214. The van der Waals surface area contributed by atoms with Gasteiger partial charge < -0.3 is 4.42 Å². The lowest BCUT2D eigenvalue weighted by atomic mass is 9.95. The molecule has 3 aromatic heterocycles. The molecule has 0 bridgehead atoms. The predicted molar refractivity (Wildman–Crippen MR) is 127 cm³/mol. The molecule has 1 atom stereocenters. The standard InChI is InChI=1S/C28H26FN2O/c1-16(2)23-14-19(8-11-24(23)29)20-12-13-31(5)25(15-20)26-17(3)6-9-21-22-10-7-18(4)30-28(22)32-27(21)26/h6-16H,1-5H3/q+1/i1D3,16D. The number of pyridine rings is 2. The highest BCUT2D eigenvalue weighted by molar-refractivity contribution is 6.08. The minimum Gasteiger partial charge on any atom is -0.437 e. The topological polar surface area (TPSA) is 29.9 Å². The van der Waals surface area contributed by atoms with E-state index in [0.717, 1.165) is 44.4 Å². The van der Waals surface area contributed by atoms with Crippen molar-refractivity contribution >= 4 is 22.1 Å². The Morgan fingerprint density at radius 3 is 2.62 bits per heavy atom. The molecule has 5 aromatic rings. The Hall–Kier alpha value is -3.53. The van der Waals surface area contributed by atoms with Gasteiger partial charge >= 0.3 is 0 Å². The van der Waals surface area contributed by atoms with Crippen molar-refractivity contribution in [3.8, 4) is 22.4 Å². The van der Waals surface area contributed by atoms with Gasteiger partial charge in [0.2, 0.25) is 11.4 Å². The van der Waals surface area contributed by atoms with Crippen LogP contribution >= 0.6 is 0 Å². The highest BCUT2D eigenvalue weighted by Gasteiger charge is 2.22. The maximum Gasteiger partial charge on any atom is 0.227 e. The third-order valence-corrected chi connectivity index (χ3v) is 5.96.